The molecule has 0 fully saturated rings. The van der Waals surface area contributed by atoms with Crippen LogP contribution in [0.1, 0.15) is 18.1 Å². The number of aliphatic hydroxyl groups is 1. The maximum absolute atomic E-state index is 13.7. The molecule has 0 aliphatic heterocycles. The first kappa shape index (κ1) is 15.0. The quantitative estimate of drug-likeness (QED) is 0.875. The molecule has 2 aromatic carbocycles. The summed E-state index contributed by atoms with van der Waals surface area (Å²) in [5.41, 5.74) is 1.42. The van der Waals surface area contributed by atoms with E-state index in [1.54, 1.807) is 13.0 Å². The van der Waals surface area contributed by atoms with Crippen LogP contribution < -0.4 is 5.32 Å². The lowest BCUT2D eigenvalue weighted by Crippen LogP contribution is -2.36. The molecule has 0 radical (unpaired) electrons. The Morgan fingerprint density at radius 2 is 2.00 bits per heavy atom. The Labute approximate surface area is 126 Å². The van der Waals surface area contributed by atoms with Gasteiger partial charge >= 0.3 is 0 Å². The molecular weight excluding hydrogens is 321 g/mol. The molecule has 0 saturated carbocycles. The third-order valence-electron chi connectivity index (χ3n) is 3.37. The predicted molar refractivity (Wildman–Crippen MR) is 83.3 cm³/mol. The number of hydrogen-bond donors (Lipinski definition) is 2. The molecule has 0 spiro atoms. The summed E-state index contributed by atoms with van der Waals surface area (Å²) in [6.07, 6.45) is 0. The molecule has 0 aliphatic rings. The molecule has 1 atom stereocenters. The molecule has 1 unspecified atom stereocenters. The van der Waals surface area contributed by atoms with Crippen LogP contribution in [0, 0.1) is 12.7 Å². The number of aryl methyl sites for hydroxylation is 1. The third-order valence-corrected chi connectivity index (χ3v) is 3.86. The van der Waals surface area contributed by atoms with E-state index >= 15 is 0 Å². The van der Waals surface area contributed by atoms with Gasteiger partial charge in [-0.05, 0) is 49.2 Å². The number of benzene rings is 2. The van der Waals surface area contributed by atoms with Gasteiger partial charge in [-0.2, -0.15) is 0 Å². The Morgan fingerprint density at radius 3 is 2.60 bits per heavy atom. The molecule has 0 saturated heterocycles. The van der Waals surface area contributed by atoms with Crippen molar-refractivity contribution in [3.05, 3.63) is 63.9 Å². The molecule has 0 heterocycles. The molecule has 0 bridgehead atoms. The molecule has 20 heavy (non-hydrogen) atoms. The van der Waals surface area contributed by atoms with E-state index in [1.165, 1.54) is 6.07 Å². The molecule has 106 valence electrons. The highest BCUT2D eigenvalue weighted by atomic mass is 79.9. The normalized spacial score (nSPS) is 13.8. The highest BCUT2D eigenvalue weighted by molar-refractivity contribution is 9.10. The Hall–Kier alpha value is -1.39. The summed E-state index contributed by atoms with van der Waals surface area (Å²) < 4.78 is 14.7. The van der Waals surface area contributed by atoms with Crippen LogP contribution in [0.4, 0.5) is 10.1 Å². The van der Waals surface area contributed by atoms with Crippen molar-refractivity contribution in [2.24, 2.45) is 0 Å². The second-order valence-corrected chi connectivity index (χ2v) is 6.01. The van der Waals surface area contributed by atoms with Gasteiger partial charge in [0.15, 0.2) is 0 Å². The first-order valence-electron chi connectivity index (χ1n) is 6.36. The van der Waals surface area contributed by atoms with Crippen LogP contribution in [0.25, 0.3) is 0 Å². The van der Waals surface area contributed by atoms with Crippen molar-refractivity contribution in [1.82, 2.24) is 0 Å². The standard InChI is InChI=1S/C16H17BrFNO/c1-11-6-7-12(8-15(11)18)16(2,10-20)19-14-5-3-4-13(17)9-14/h3-9,19-20H,10H2,1-2H3. The van der Waals surface area contributed by atoms with Gasteiger partial charge in [-0.15, -0.1) is 0 Å². The summed E-state index contributed by atoms with van der Waals surface area (Å²) in [6, 6.07) is 12.7. The van der Waals surface area contributed by atoms with E-state index < -0.39 is 5.54 Å². The van der Waals surface area contributed by atoms with Crippen LogP contribution in [0.5, 0.6) is 0 Å². The van der Waals surface area contributed by atoms with Crippen LogP contribution in [-0.4, -0.2) is 11.7 Å². The molecule has 0 amide bonds. The molecule has 4 heteroatoms. The summed E-state index contributed by atoms with van der Waals surface area (Å²) in [6.45, 7) is 3.43. The second kappa shape index (κ2) is 5.94. The topological polar surface area (TPSA) is 32.3 Å². The van der Waals surface area contributed by atoms with E-state index in [-0.39, 0.29) is 12.4 Å². The van der Waals surface area contributed by atoms with Gasteiger partial charge in [0.1, 0.15) is 5.82 Å². The zero-order valence-electron chi connectivity index (χ0n) is 11.5. The summed E-state index contributed by atoms with van der Waals surface area (Å²) in [4.78, 5) is 0. The van der Waals surface area contributed by atoms with Crippen molar-refractivity contribution in [3.8, 4) is 0 Å². The Balaban J connectivity index is 2.35. The summed E-state index contributed by atoms with van der Waals surface area (Å²) in [5, 5.41) is 13.0. The smallest absolute Gasteiger partial charge is 0.126 e. The van der Waals surface area contributed by atoms with Crippen molar-refractivity contribution in [3.63, 3.8) is 0 Å². The average molecular weight is 338 g/mol. The highest BCUT2D eigenvalue weighted by Crippen LogP contribution is 2.28. The minimum Gasteiger partial charge on any atom is -0.394 e. The Morgan fingerprint density at radius 1 is 1.25 bits per heavy atom. The van der Waals surface area contributed by atoms with Crippen molar-refractivity contribution in [1.29, 1.82) is 0 Å². The SMILES string of the molecule is Cc1ccc(C(C)(CO)Nc2cccc(Br)c2)cc1F. The van der Waals surface area contributed by atoms with Gasteiger partial charge in [0.2, 0.25) is 0 Å². The lowest BCUT2D eigenvalue weighted by molar-refractivity contribution is 0.223. The minimum atomic E-state index is -0.741. The van der Waals surface area contributed by atoms with Crippen LogP contribution in [0.3, 0.4) is 0 Å². The number of aliphatic hydroxyl groups excluding tert-OH is 1. The minimum absolute atomic E-state index is 0.137. The second-order valence-electron chi connectivity index (χ2n) is 5.09. The zero-order valence-corrected chi connectivity index (χ0v) is 13.0. The fourth-order valence-electron chi connectivity index (χ4n) is 2.02. The molecular formula is C16H17BrFNO. The van der Waals surface area contributed by atoms with E-state index in [9.17, 15) is 9.50 Å². The largest absolute Gasteiger partial charge is 0.394 e. The van der Waals surface area contributed by atoms with Crippen LogP contribution >= 0.6 is 15.9 Å². The van der Waals surface area contributed by atoms with Crippen molar-refractivity contribution in [2.45, 2.75) is 19.4 Å². The molecule has 2 nitrogen and oxygen atoms in total. The monoisotopic (exact) mass is 337 g/mol. The molecule has 2 aromatic rings. The third kappa shape index (κ3) is 3.19. The first-order valence-corrected chi connectivity index (χ1v) is 7.15. The van der Waals surface area contributed by atoms with Gasteiger partial charge < -0.3 is 10.4 Å². The number of rotatable bonds is 4. The number of anilines is 1. The van der Waals surface area contributed by atoms with E-state index in [4.69, 9.17) is 0 Å². The Bertz CT molecular complexity index is 617. The van der Waals surface area contributed by atoms with Gasteiger partial charge in [0, 0.05) is 10.2 Å². The van der Waals surface area contributed by atoms with E-state index in [0.29, 0.717) is 11.1 Å². The van der Waals surface area contributed by atoms with Gasteiger partial charge in [0.25, 0.3) is 0 Å². The fourth-order valence-corrected chi connectivity index (χ4v) is 2.42. The number of nitrogens with one attached hydrogen (secondary N) is 1. The molecule has 2 rings (SSSR count). The predicted octanol–water partition coefficient (Wildman–Crippen LogP) is 4.22. The molecule has 2 N–H and O–H groups in total. The average Bonchev–Trinajstić information content (AvgIpc) is 2.41. The summed E-state index contributed by atoms with van der Waals surface area (Å²) in [7, 11) is 0. The van der Waals surface area contributed by atoms with Crippen LogP contribution in [0.15, 0.2) is 46.9 Å². The van der Waals surface area contributed by atoms with E-state index in [1.807, 2.05) is 37.3 Å². The molecule has 0 aromatic heterocycles. The van der Waals surface area contributed by atoms with E-state index in [0.717, 1.165) is 10.2 Å². The van der Waals surface area contributed by atoms with Gasteiger partial charge in [0.05, 0.1) is 12.1 Å². The zero-order chi connectivity index (χ0) is 14.8. The van der Waals surface area contributed by atoms with Crippen molar-refractivity contribution in [2.75, 3.05) is 11.9 Å². The summed E-state index contributed by atoms with van der Waals surface area (Å²) in [5.74, 6) is -0.266. The van der Waals surface area contributed by atoms with Crippen LogP contribution in [0.2, 0.25) is 0 Å². The maximum atomic E-state index is 13.7. The fraction of sp³-hybridized carbons (Fsp3) is 0.250. The number of halogens is 2. The highest BCUT2D eigenvalue weighted by Gasteiger charge is 2.26. The maximum Gasteiger partial charge on any atom is 0.126 e. The van der Waals surface area contributed by atoms with Gasteiger partial charge in [-0.3, -0.25) is 0 Å². The van der Waals surface area contributed by atoms with Crippen molar-refractivity contribution < 1.29 is 9.50 Å². The lowest BCUT2D eigenvalue weighted by Gasteiger charge is -2.31. The van der Waals surface area contributed by atoms with Crippen molar-refractivity contribution >= 4 is 21.6 Å². The van der Waals surface area contributed by atoms with Crippen LogP contribution in [-0.2, 0) is 5.54 Å². The van der Waals surface area contributed by atoms with Gasteiger partial charge in [-0.1, -0.05) is 34.1 Å². The Kier molecular flexibility index (Phi) is 4.45. The lowest BCUT2D eigenvalue weighted by atomic mass is 9.91. The molecule has 0 aliphatic carbocycles. The van der Waals surface area contributed by atoms with Gasteiger partial charge in [-0.25, -0.2) is 4.39 Å². The number of hydrogen-bond acceptors (Lipinski definition) is 2. The summed E-state index contributed by atoms with van der Waals surface area (Å²) >= 11 is 3.41. The van der Waals surface area contributed by atoms with E-state index in [2.05, 4.69) is 21.2 Å². The first-order chi connectivity index (χ1) is 9.44.